The fraction of sp³-hybridized carbons (Fsp3) is 0.267. The standard InChI is InChI=1S/C15H16ClN3S/c1-10-9-20-15-18-11(2)14(19(10)15)8-17-7-12-4-3-5-13(16)6-12/h3-6,9,17H,7-8H2,1-2H3. The molecule has 0 bridgehead atoms. The smallest absolute Gasteiger partial charge is 0.194 e. The first kappa shape index (κ1) is 13.6. The molecular formula is C15H16ClN3S. The summed E-state index contributed by atoms with van der Waals surface area (Å²) in [5, 5.41) is 6.39. The molecule has 3 nitrogen and oxygen atoms in total. The van der Waals surface area contributed by atoms with Crippen LogP contribution in [0.2, 0.25) is 5.02 Å². The number of imidazole rings is 1. The summed E-state index contributed by atoms with van der Waals surface area (Å²) < 4.78 is 2.23. The molecular weight excluding hydrogens is 290 g/mol. The van der Waals surface area contributed by atoms with Crippen LogP contribution < -0.4 is 5.32 Å². The van der Waals surface area contributed by atoms with Crippen LogP contribution in [0.4, 0.5) is 0 Å². The van der Waals surface area contributed by atoms with Crippen LogP contribution >= 0.6 is 22.9 Å². The van der Waals surface area contributed by atoms with Crippen molar-refractivity contribution in [2.45, 2.75) is 26.9 Å². The molecule has 1 aromatic carbocycles. The second-order valence-electron chi connectivity index (χ2n) is 4.87. The van der Waals surface area contributed by atoms with Crippen molar-refractivity contribution in [2.75, 3.05) is 0 Å². The monoisotopic (exact) mass is 305 g/mol. The number of fused-ring (bicyclic) bond motifs is 1. The van der Waals surface area contributed by atoms with Crippen molar-refractivity contribution in [3.8, 4) is 0 Å². The van der Waals surface area contributed by atoms with E-state index < -0.39 is 0 Å². The van der Waals surface area contributed by atoms with Gasteiger partial charge >= 0.3 is 0 Å². The van der Waals surface area contributed by atoms with Gasteiger partial charge in [0, 0.05) is 29.2 Å². The van der Waals surface area contributed by atoms with Gasteiger partial charge in [0.05, 0.1) is 11.4 Å². The first-order valence-electron chi connectivity index (χ1n) is 6.52. The molecule has 1 N–H and O–H groups in total. The Morgan fingerprint density at radius 3 is 2.95 bits per heavy atom. The third-order valence-electron chi connectivity index (χ3n) is 3.34. The third kappa shape index (κ3) is 2.59. The lowest BCUT2D eigenvalue weighted by Gasteiger charge is -2.06. The number of benzene rings is 1. The van der Waals surface area contributed by atoms with Crippen LogP contribution in [0.25, 0.3) is 4.96 Å². The first-order valence-corrected chi connectivity index (χ1v) is 7.78. The zero-order valence-electron chi connectivity index (χ0n) is 11.5. The highest BCUT2D eigenvalue weighted by Gasteiger charge is 2.11. The van der Waals surface area contributed by atoms with Crippen molar-refractivity contribution in [1.82, 2.24) is 14.7 Å². The Morgan fingerprint density at radius 1 is 1.30 bits per heavy atom. The lowest BCUT2D eigenvalue weighted by Crippen LogP contribution is -2.15. The SMILES string of the molecule is Cc1nc2scc(C)n2c1CNCc1cccc(Cl)c1. The van der Waals surface area contributed by atoms with E-state index in [4.69, 9.17) is 11.6 Å². The number of hydrogen-bond donors (Lipinski definition) is 1. The van der Waals surface area contributed by atoms with Gasteiger partial charge in [0.1, 0.15) is 0 Å². The predicted molar refractivity (Wildman–Crippen MR) is 84.5 cm³/mol. The second-order valence-corrected chi connectivity index (χ2v) is 6.15. The van der Waals surface area contributed by atoms with E-state index in [0.717, 1.165) is 28.8 Å². The maximum absolute atomic E-state index is 5.99. The lowest BCUT2D eigenvalue weighted by atomic mass is 10.2. The Morgan fingerprint density at radius 2 is 2.15 bits per heavy atom. The molecule has 0 saturated heterocycles. The van der Waals surface area contributed by atoms with E-state index in [2.05, 4.69) is 40.0 Å². The number of nitrogens with zero attached hydrogens (tertiary/aromatic N) is 2. The fourth-order valence-corrected chi connectivity index (χ4v) is 3.49. The van der Waals surface area contributed by atoms with Crippen molar-refractivity contribution < 1.29 is 0 Å². The minimum Gasteiger partial charge on any atom is -0.307 e. The Kier molecular flexibility index (Phi) is 3.78. The summed E-state index contributed by atoms with van der Waals surface area (Å²) in [5.74, 6) is 0. The van der Waals surface area contributed by atoms with Crippen molar-refractivity contribution in [3.63, 3.8) is 0 Å². The average Bonchev–Trinajstić information content (AvgIpc) is 2.91. The number of hydrogen-bond acceptors (Lipinski definition) is 3. The van der Waals surface area contributed by atoms with Gasteiger partial charge in [-0.05, 0) is 31.5 Å². The Labute approximate surface area is 127 Å². The Hall–Kier alpha value is -1.36. The van der Waals surface area contributed by atoms with Crippen molar-refractivity contribution in [1.29, 1.82) is 0 Å². The van der Waals surface area contributed by atoms with Gasteiger partial charge in [-0.1, -0.05) is 23.7 Å². The molecule has 2 heterocycles. The summed E-state index contributed by atoms with van der Waals surface area (Å²) in [6.07, 6.45) is 0. The highest BCUT2D eigenvalue weighted by Crippen LogP contribution is 2.20. The second kappa shape index (κ2) is 5.56. The van der Waals surface area contributed by atoms with Gasteiger partial charge in [-0.25, -0.2) is 4.98 Å². The highest BCUT2D eigenvalue weighted by molar-refractivity contribution is 7.15. The zero-order chi connectivity index (χ0) is 14.1. The molecule has 104 valence electrons. The Bertz CT molecular complexity index is 745. The van der Waals surface area contributed by atoms with Gasteiger partial charge in [-0.2, -0.15) is 0 Å². The minimum atomic E-state index is 0.779. The van der Waals surface area contributed by atoms with Gasteiger partial charge in [-0.15, -0.1) is 11.3 Å². The molecule has 0 radical (unpaired) electrons. The van der Waals surface area contributed by atoms with Crippen molar-refractivity contribution in [3.05, 3.63) is 57.3 Å². The molecule has 0 atom stereocenters. The molecule has 5 heteroatoms. The van der Waals surface area contributed by atoms with Gasteiger partial charge in [0.2, 0.25) is 0 Å². The predicted octanol–water partition coefficient (Wildman–Crippen LogP) is 3.96. The molecule has 20 heavy (non-hydrogen) atoms. The number of rotatable bonds is 4. The number of halogens is 1. The molecule has 3 rings (SSSR count). The topological polar surface area (TPSA) is 29.3 Å². The number of thiazole rings is 1. The van der Waals surface area contributed by atoms with Gasteiger partial charge in [0.15, 0.2) is 4.96 Å². The lowest BCUT2D eigenvalue weighted by molar-refractivity contribution is 0.671. The Balaban J connectivity index is 1.74. The summed E-state index contributed by atoms with van der Waals surface area (Å²) in [7, 11) is 0. The van der Waals surface area contributed by atoms with Crippen LogP contribution in [-0.2, 0) is 13.1 Å². The van der Waals surface area contributed by atoms with E-state index in [1.165, 1.54) is 17.0 Å². The van der Waals surface area contributed by atoms with Crippen LogP contribution in [0.1, 0.15) is 22.6 Å². The summed E-state index contributed by atoms with van der Waals surface area (Å²) >= 11 is 7.68. The molecule has 0 unspecified atom stereocenters. The number of aryl methyl sites for hydroxylation is 2. The third-order valence-corrected chi connectivity index (χ3v) is 4.52. The minimum absolute atomic E-state index is 0.779. The molecule has 0 aliphatic heterocycles. The average molecular weight is 306 g/mol. The molecule has 0 fully saturated rings. The van der Waals surface area contributed by atoms with E-state index in [1.807, 2.05) is 18.2 Å². The molecule has 3 aromatic rings. The van der Waals surface area contributed by atoms with E-state index in [9.17, 15) is 0 Å². The number of nitrogens with one attached hydrogen (secondary N) is 1. The normalized spacial score (nSPS) is 11.3. The summed E-state index contributed by atoms with van der Waals surface area (Å²) in [6.45, 7) is 5.79. The quantitative estimate of drug-likeness (QED) is 0.790. The molecule has 0 spiro atoms. The summed E-state index contributed by atoms with van der Waals surface area (Å²) in [6, 6.07) is 7.94. The van der Waals surface area contributed by atoms with E-state index in [0.29, 0.717) is 0 Å². The van der Waals surface area contributed by atoms with Crippen LogP contribution in [0.5, 0.6) is 0 Å². The fourth-order valence-electron chi connectivity index (χ4n) is 2.35. The van der Waals surface area contributed by atoms with Gasteiger partial charge in [-0.3, -0.25) is 4.40 Å². The zero-order valence-corrected chi connectivity index (χ0v) is 13.1. The first-order chi connectivity index (χ1) is 9.65. The van der Waals surface area contributed by atoms with Crippen LogP contribution in [0.3, 0.4) is 0 Å². The van der Waals surface area contributed by atoms with Crippen molar-refractivity contribution >= 4 is 27.9 Å². The molecule has 0 aliphatic carbocycles. The van der Waals surface area contributed by atoms with Gasteiger partial charge < -0.3 is 5.32 Å². The van der Waals surface area contributed by atoms with Crippen LogP contribution in [0, 0.1) is 13.8 Å². The number of aromatic nitrogens is 2. The maximum Gasteiger partial charge on any atom is 0.194 e. The molecule has 2 aromatic heterocycles. The van der Waals surface area contributed by atoms with E-state index >= 15 is 0 Å². The van der Waals surface area contributed by atoms with E-state index in [-0.39, 0.29) is 0 Å². The van der Waals surface area contributed by atoms with Crippen LogP contribution in [0.15, 0.2) is 29.6 Å². The highest BCUT2D eigenvalue weighted by atomic mass is 35.5. The largest absolute Gasteiger partial charge is 0.307 e. The van der Waals surface area contributed by atoms with E-state index in [1.54, 1.807) is 11.3 Å². The van der Waals surface area contributed by atoms with Crippen LogP contribution in [-0.4, -0.2) is 9.38 Å². The molecule has 0 aliphatic rings. The van der Waals surface area contributed by atoms with Crippen molar-refractivity contribution in [2.24, 2.45) is 0 Å². The van der Waals surface area contributed by atoms with Gasteiger partial charge in [0.25, 0.3) is 0 Å². The maximum atomic E-state index is 5.99. The molecule has 0 amide bonds. The summed E-state index contributed by atoms with van der Waals surface area (Å²) in [5.41, 5.74) is 4.77. The molecule has 0 saturated carbocycles. The summed E-state index contributed by atoms with van der Waals surface area (Å²) in [4.78, 5) is 5.66.